The number of benzene rings is 1. The van der Waals surface area contributed by atoms with Crippen molar-refractivity contribution in [2.24, 2.45) is 5.73 Å². The van der Waals surface area contributed by atoms with E-state index in [2.05, 4.69) is 24.1 Å². The molecule has 1 unspecified atom stereocenters. The SMILES string of the molecule is CC(C)N(CCCCCN)Cc1cccc2c1C(=O)N(C1CCC(=O)NC1=O)C2=O. The number of fused-ring (bicyclic) bond motifs is 1. The van der Waals surface area contributed by atoms with Crippen LogP contribution in [-0.4, -0.2) is 58.6 Å². The van der Waals surface area contributed by atoms with E-state index in [0.29, 0.717) is 24.2 Å². The molecule has 0 saturated carbocycles. The van der Waals surface area contributed by atoms with E-state index in [1.54, 1.807) is 12.1 Å². The molecule has 1 atom stereocenters. The largest absolute Gasteiger partial charge is 0.330 e. The van der Waals surface area contributed by atoms with Gasteiger partial charge in [-0.1, -0.05) is 18.6 Å². The average Bonchev–Trinajstić information content (AvgIpc) is 2.96. The van der Waals surface area contributed by atoms with E-state index in [-0.39, 0.29) is 24.8 Å². The molecule has 3 N–H and O–H groups in total. The van der Waals surface area contributed by atoms with Crippen molar-refractivity contribution in [3.63, 3.8) is 0 Å². The molecule has 3 rings (SSSR count). The zero-order valence-corrected chi connectivity index (χ0v) is 17.6. The Hall–Kier alpha value is -2.58. The normalized spacial score (nSPS) is 19.1. The number of unbranched alkanes of at least 4 members (excludes halogenated alkanes) is 2. The van der Waals surface area contributed by atoms with Gasteiger partial charge in [-0.05, 0) is 57.8 Å². The third kappa shape index (κ3) is 4.44. The van der Waals surface area contributed by atoms with Crippen LogP contribution in [0.1, 0.15) is 72.2 Å². The summed E-state index contributed by atoms with van der Waals surface area (Å²) in [5.41, 5.74) is 7.06. The molecule has 2 aliphatic heterocycles. The van der Waals surface area contributed by atoms with Crippen molar-refractivity contribution >= 4 is 23.6 Å². The fraction of sp³-hybridized carbons (Fsp3) is 0.545. The van der Waals surface area contributed by atoms with Crippen LogP contribution in [0.25, 0.3) is 0 Å². The van der Waals surface area contributed by atoms with Gasteiger partial charge in [0, 0.05) is 19.0 Å². The first-order valence-electron chi connectivity index (χ1n) is 10.6. The molecule has 30 heavy (non-hydrogen) atoms. The highest BCUT2D eigenvalue weighted by Crippen LogP contribution is 2.30. The first kappa shape index (κ1) is 22.1. The number of carbonyl (C=O) groups is 4. The third-order valence-electron chi connectivity index (χ3n) is 5.81. The molecule has 1 aromatic carbocycles. The number of hydrogen-bond donors (Lipinski definition) is 2. The highest BCUT2D eigenvalue weighted by molar-refractivity contribution is 6.24. The molecule has 2 aliphatic rings. The van der Waals surface area contributed by atoms with Crippen LogP contribution in [0.2, 0.25) is 0 Å². The van der Waals surface area contributed by atoms with Crippen LogP contribution in [-0.2, 0) is 16.1 Å². The van der Waals surface area contributed by atoms with Crippen molar-refractivity contribution < 1.29 is 19.2 Å². The van der Waals surface area contributed by atoms with Crippen LogP contribution in [0.15, 0.2) is 18.2 Å². The molecule has 8 nitrogen and oxygen atoms in total. The number of piperidine rings is 1. The van der Waals surface area contributed by atoms with Gasteiger partial charge in [-0.25, -0.2) is 0 Å². The predicted molar refractivity (Wildman–Crippen MR) is 112 cm³/mol. The zero-order valence-electron chi connectivity index (χ0n) is 17.6. The Balaban J connectivity index is 1.82. The van der Waals surface area contributed by atoms with E-state index >= 15 is 0 Å². The first-order chi connectivity index (χ1) is 14.3. The molecule has 162 valence electrons. The van der Waals surface area contributed by atoms with Gasteiger partial charge >= 0.3 is 0 Å². The van der Waals surface area contributed by atoms with E-state index < -0.39 is 23.8 Å². The Kier molecular flexibility index (Phi) is 6.99. The third-order valence-corrected chi connectivity index (χ3v) is 5.81. The lowest BCUT2D eigenvalue weighted by atomic mass is 10.0. The van der Waals surface area contributed by atoms with Crippen LogP contribution < -0.4 is 11.1 Å². The molecular weight excluding hydrogens is 384 g/mol. The van der Waals surface area contributed by atoms with Crippen LogP contribution in [0.3, 0.4) is 0 Å². The van der Waals surface area contributed by atoms with E-state index in [4.69, 9.17) is 5.73 Å². The quantitative estimate of drug-likeness (QED) is 0.467. The van der Waals surface area contributed by atoms with Crippen molar-refractivity contribution in [1.82, 2.24) is 15.1 Å². The minimum absolute atomic E-state index is 0.112. The maximum absolute atomic E-state index is 13.2. The lowest BCUT2D eigenvalue weighted by Crippen LogP contribution is -2.54. The summed E-state index contributed by atoms with van der Waals surface area (Å²) in [6, 6.07) is 4.61. The van der Waals surface area contributed by atoms with Crippen molar-refractivity contribution in [1.29, 1.82) is 0 Å². The number of nitrogens with one attached hydrogen (secondary N) is 1. The number of nitrogens with two attached hydrogens (primary N) is 1. The molecule has 0 aliphatic carbocycles. The summed E-state index contributed by atoms with van der Waals surface area (Å²) in [6.45, 7) is 6.32. The molecule has 1 aromatic rings. The summed E-state index contributed by atoms with van der Waals surface area (Å²) in [6.07, 6.45) is 3.32. The molecule has 8 heteroatoms. The smallest absolute Gasteiger partial charge is 0.262 e. The number of amides is 4. The van der Waals surface area contributed by atoms with Crippen LogP contribution >= 0.6 is 0 Å². The fourth-order valence-electron chi connectivity index (χ4n) is 4.09. The van der Waals surface area contributed by atoms with Crippen molar-refractivity contribution in [2.75, 3.05) is 13.1 Å². The van der Waals surface area contributed by atoms with E-state index in [9.17, 15) is 19.2 Å². The van der Waals surface area contributed by atoms with E-state index in [0.717, 1.165) is 36.3 Å². The second kappa shape index (κ2) is 9.49. The highest BCUT2D eigenvalue weighted by atomic mass is 16.2. The predicted octanol–water partition coefficient (Wildman–Crippen LogP) is 1.43. The van der Waals surface area contributed by atoms with Crippen molar-refractivity contribution in [2.45, 2.75) is 64.6 Å². The molecular formula is C22H30N4O4. The summed E-state index contributed by atoms with van der Waals surface area (Å²) < 4.78 is 0. The van der Waals surface area contributed by atoms with Crippen molar-refractivity contribution in [3.05, 3.63) is 34.9 Å². The summed E-state index contributed by atoms with van der Waals surface area (Å²) in [5.74, 6) is -1.89. The Morgan fingerprint density at radius 1 is 1.13 bits per heavy atom. The van der Waals surface area contributed by atoms with Gasteiger partial charge in [0.1, 0.15) is 6.04 Å². The molecule has 1 saturated heterocycles. The summed E-state index contributed by atoms with van der Waals surface area (Å²) >= 11 is 0. The van der Waals surface area contributed by atoms with Crippen LogP contribution in [0.4, 0.5) is 0 Å². The van der Waals surface area contributed by atoms with Gasteiger partial charge in [-0.2, -0.15) is 0 Å². The van der Waals surface area contributed by atoms with E-state index in [1.165, 1.54) is 0 Å². The molecule has 1 fully saturated rings. The fourth-order valence-corrected chi connectivity index (χ4v) is 4.09. The first-order valence-corrected chi connectivity index (χ1v) is 10.6. The lowest BCUT2D eigenvalue weighted by Gasteiger charge is -2.28. The average molecular weight is 415 g/mol. The van der Waals surface area contributed by atoms with Gasteiger partial charge in [0.2, 0.25) is 11.8 Å². The maximum atomic E-state index is 13.2. The minimum atomic E-state index is -0.944. The van der Waals surface area contributed by atoms with Gasteiger partial charge in [-0.15, -0.1) is 0 Å². The highest BCUT2D eigenvalue weighted by Gasteiger charge is 2.45. The number of nitrogens with zero attached hydrogens (tertiary/aromatic N) is 2. The van der Waals surface area contributed by atoms with Gasteiger partial charge in [0.15, 0.2) is 0 Å². The Morgan fingerprint density at radius 2 is 1.90 bits per heavy atom. The molecule has 0 aromatic heterocycles. The lowest BCUT2D eigenvalue weighted by molar-refractivity contribution is -0.136. The van der Waals surface area contributed by atoms with Gasteiger partial charge in [0.25, 0.3) is 11.8 Å². The van der Waals surface area contributed by atoms with Gasteiger partial charge < -0.3 is 5.73 Å². The Bertz CT molecular complexity index is 852. The van der Waals surface area contributed by atoms with Crippen LogP contribution in [0, 0.1) is 0 Å². The molecule has 0 radical (unpaired) electrons. The Morgan fingerprint density at radius 3 is 2.57 bits per heavy atom. The molecule has 2 heterocycles. The minimum Gasteiger partial charge on any atom is -0.330 e. The number of imide groups is 2. The van der Waals surface area contributed by atoms with E-state index in [1.807, 2.05) is 6.07 Å². The van der Waals surface area contributed by atoms with Crippen LogP contribution in [0.5, 0.6) is 0 Å². The summed E-state index contributed by atoms with van der Waals surface area (Å²) in [5, 5.41) is 2.23. The maximum Gasteiger partial charge on any atom is 0.262 e. The van der Waals surface area contributed by atoms with Gasteiger partial charge in [-0.3, -0.25) is 34.3 Å². The number of carbonyl (C=O) groups excluding carboxylic acids is 4. The molecule has 0 bridgehead atoms. The zero-order chi connectivity index (χ0) is 21.8. The standard InChI is InChI=1S/C22H30N4O4/c1-14(2)25(12-5-3-4-11-23)13-15-7-6-8-16-19(15)22(30)26(21(16)29)17-9-10-18(27)24-20(17)28/h6-8,14,17H,3-5,9-13,23H2,1-2H3,(H,24,27,28). The second-order valence-corrected chi connectivity index (χ2v) is 8.20. The molecule has 0 spiro atoms. The van der Waals surface area contributed by atoms with Gasteiger partial charge in [0.05, 0.1) is 11.1 Å². The summed E-state index contributed by atoms with van der Waals surface area (Å²) in [4.78, 5) is 53.2. The number of hydrogen-bond acceptors (Lipinski definition) is 6. The monoisotopic (exact) mass is 414 g/mol. The topological polar surface area (TPSA) is 113 Å². The van der Waals surface area contributed by atoms with Crippen molar-refractivity contribution in [3.8, 4) is 0 Å². The molecule has 4 amide bonds. The number of rotatable bonds is 9. The summed E-state index contributed by atoms with van der Waals surface area (Å²) in [7, 11) is 0. The second-order valence-electron chi connectivity index (χ2n) is 8.20. The Labute approximate surface area is 176 Å².